The summed E-state index contributed by atoms with van der Waals surface area (Å²) in [6, 6.07) is 11.7. The monoisotopic (exact) mass is 321 g/mol. The van der Waals surface area contributed by atoms with Crippen LogP contribution >= 0.6 is 11.3 Å². The van der Waals surface area contributed by atoms with Gasteiger partial charge in [0.2, 0.25) is 0 Å². The molecule has 1 atom stereocenters. The van der Waals surface area contributed by atoms with E-state index in [1.165, 1.54) is 5.56 Å². The molecule has 0 aliphatic rings. The highest BCUT2D eigenvalue weighted by atomic mass is 32.1. The van der Waals surface area contributed by atoms with Crippen molar-refractivity contribution < 1.29 is 14.6 Å². The fourth-order valence-electron chi connectivity index (χ4n) is 2.16. The topological polar surface area (TPSA) is 41.9 Å². The molecule has 1 aromatic carbocycles. The molecular weight excluding hydrogens is 298 g/mol. The third-order valence-electron chi connectivity index (χ3n) is 3.25. The lowest BCUT2D eigenvalue weighted by molar-refractivity contribution is 0.0542. The van der Waals surface area contributed by atoms with Crippen LogP contribution in [0.1, 0.15) is 5.56 Å². The van der Waals surface area contributed by atoms with Crippen LogP contribution < -0.4 is 4.74 Å². The minimum Gasteiger partial charge on any atom is -0.491 e. The molecule has 1 heterocycles. The van der Waals surface area contributed by atoms with Crippen LogP contribution in [0.4, 0.5) is 0 Å². The van der Waals surface area contributed by atoms with Gasteiger partial charge in [-0.05, 0) is 34.5 Å². The fraction of sp³-hybridized carbons (Fsp3) is 0.412. The lowest BCUT2D eigenvalue weighted by Crippen LogP contribution is -2.37. The van der Waals surface area contributed by atoms with E-state index in [1.54, 1.807) is 18.4 Å². The molecule has 1 aromatic heterocycles. The highest BCUT2D eigenvalue weighted by molar-refractivity contribution is 7.07. The first kappa shape index (κ1) is 17.0. The molecule has 0 radical (unpaired) electrons. The summed E-state index contributed by atoms with van der Waals surface area (Å²) in [7, 11) is 1.69. The minimum atomic E-state index is -0.532. The van der Waals surface area contributed by atoms with Crippen LogP contribution in [0.15, 0.2) is 47.2 Å². The highest BCUT2D eigenvalue weighted by Crippen LogP contribution is 2.11. The third-order valence-corrected chi connectivity index (χ3v) is 3.98. The number of aliphatic hydroxyl groups is 1. The summed E-state index contributed by atoms with van der Waals surface area (Å²) in [5.74, 6) is 0.780. The van der Waals surface area contributed by atoms with E-state index in [-0.39, 0.29) is 6.61 Å². The second kappa shape index (κ2) is 9.58. The Kier molecular flexibility index (Phi) is 7.39. The van der Waals surface area contributed by atoms with Gasteiger partial charge < -0.3 is 14.6 Å². The Hall–Kier alpha value is -1.40. The summed E-state index contributed by atoms with van der Waals surface area (Å²) in [6.07, 6.45) is -0.532. The lowest BCUT2D eigenvalue weighted by atomic mass is 10.2. The maximum atomic E-state index is 10.2. The van der Waals surface area contributed by atoms with E-state index < -0.39 is 6.10 Å². The van der Waals surface area contributed by atoms with Crippen LogP contribution in [0, 0.1) is 0 Å². The van der Waals surface area contributed by atoms with Crippen molar-refractivity contribution in [3.05, 3.63) is 52.7 Å². The lowest BCUT2D eigenvalue weighted by Gasteiger charge is -2.24. The van der Waals surface area contributed by atoms with Crippen molar-refractivity contribution in [3.63, 3.8) is 0 Å². The van der Waals surface area contributed by atoms with E-state index in [4.69, 9.17) is 9.47 Å². The molecular formula is C17H23NO3S. The molecule has 0 saturated heterocycles. The first-order chi connectivity index (χ1) is 10.8. The molecule has 0 amide bonds. The van der Waals surface area contributed by atoms with E-state index in [2.05, 4.69) is 21.7 Å². The number of thiophene rings is 1. The number of aliphatic hydroxyl groups excluding tert-OH is 1. The zero-order valence-electron chi connectivity index (χ0n) is 12.9. The van der Waals surface area contributed by atoms with Crippen molar-refractivity contribution in [2.45, 2.75) is 12.6 Å². The van der Waals surface area contributed by atoms with Gasteiger partial charge in [-0.2, -0.15) is 11.3 Å². The van der Waals surface area contributed by atoms with Crippen LogP contribution in [0.5, 0.6) is 5.75 Å². The van der Waals surface area contributed by atoms with Crippen molar-refractivity contribution in [1.29, 1.82) is 0 Å². The zero-order chi connectivity index (χ0) is 15.6. The molecule has 0 aliphatic carbocycles. The predicted octanol–water partition coefficient (Wildman–Crippen LogP) is 2.64. The van der Waals surface area contributed by atoms with Crippen LogP contribution in [0.3, 0.4) is 0 Å². The van der Waals surface area contributed by atoms with Gasteiger partial charge in [-0.3, -0.25) is 4.90 Å². The molecule has 0 unspecified atom stereocenters. The second-order valence-corrected chi connectivity index (χ2v) is 5.92. The number of methoxy groups -OCH3 is 1. The van der Waals surface area contributed by atoms with Crippen molar-refractivity contribution >= 4 is 11.3 Å². The maximum Gasteiger partial charge on any atom is 0.119 e. The molecule has 120 valence electrons. The quantitative estimate of drug-likeness (QED) is 0.730. The van der Waals surface area contributed by atoms with E-state index in [1.807, 2.05) is 30.3 Å². The smallest absolute Gasteiger partial charge is 0.119 e. The predicted molar refractivity (Wildman–Crippen MR) is 89.4 cm³/mol. The van der Waals surface area contributed by atoms with Gasteiger partial charge in [0, 0.05) is 26.7 Å². The van der Waals surface area contributed by atoms with Gasteiger partial charge in [-0.15, -0.1) is 0 Å². The second-order valence-electron chi connectivity index (χ2n) is 5.14. The molecule has 0 fully saturated rings. The van der Waals surface area contributed by atoms with Crippen LogP contribution in [-0.2, 0) is 11.3 Å². The molecule has 0 aliphatic heterocycles. The molecule has 0 spiro atoms. The number of ether oxygens (including phenoxy) is 2. The average molecular weight is 321 g/mol. The van der Waals surface area contributed by atoms with Gasteiger partial charge in [0.1, 0.15) is 18.5 Å². The summed E-state index contributed by atoms with van der Waals surface area (Å²) in [4.78, 5) is 2.19. The molecule has 1 N–H and O–H groups in total. The normalized spacial score (nSPS) is 12.5. The summed E-state index contributed by atoms with van der Waals surface area (Å²) >= 11 is 1.69. The standard InChI is InChI=1S/C17H23NO3S/c1-20-9-8-18(11-15-7-10-22-14-15)12-16(19)13-21-17-5-3-2-4-6-17/h2-7,10,14,16,19H,8-9,11-13H2,1H3/t16-/m1/s1. The largest absolute Gasteiger partial charge is 0.491 e. The summed E-state index contributed by atoms with van der Waals surface area (Å²) in [5, 5.41) is 14.4. The van der Waals surface area contributed by atoms with Crippen molar-refractivity contribution in [3.8, 4) is 5.75 Å². The van der Waals surface area contributed by atoms with Gasteiger partial charge in [-0.25, -0.2) is 0 Å². The van der Waals surface area contributed by atoms with E-state index in [9.17, 15) is 5.11 Å². The summed E-state index contributed by atoms with van der Waals surface area (Å²) < 4.78 is 10.8. The van der Waals surface area contributed by atoms with Crippen LogP contribution in [0.2, 0.25) is 0 Å². The number of benzene rings is 1. The molecule has 2 rings (SSSR count). The maximum absolute atomic E-state index is 10.2. The SMILES string of the molecule is COCCN(Cc1ccsc1)C[C@@H](O)COc1ccccc1. The Bertz CT molecular complexity index is 504. The molecule has 0 saturated carbocycles. The van der Waals surface area contributed by atoms with Gasteiger partial charge in [0.05, 0.1) is 6.61 Å². The van der Waals surface area contributed by atoms with Gasteiger partial charge in [0.15, 0.2) is 0 Å². The fourth-order valence-corrected chi connectivity index (χ4v) is 2.82. The summed E-state index contributed by atoms with van der Waals surface area (Å²) in [6.45, 7) is 3.10. The molecule has 4 nitrogen and oxygen atoms in total. The molecule has 2 aromatic rings. The van der Waals surface area contributed by atoms with Gasteiger partial charge in [-0.1, -0.05) is 18.2 Å². The highest BCUT2D eigenvalue weighted by Gasteiger charge is 2.13. The van der Waals surface area contributed by atoms with Crippen molar-refractivity contribution in [2.75, 3.05) is 33.4 Å². The van der Waals surface area contributed by atoms with Gasteiger partial charge in [0.25, 0.3) is 0 Å². The first-order valence-electron chi connectivity index (χ1n) is 7.36. The Labute approximate surface area is 135 Å². The Morgan fingerprint density at radius 1 is 1.23 bits per heavy atom. The number of hydrogen-bond donors (Lipinski definition) is 1. The first-order valence-corrected chi connectivity index (χ1v) is 8.30. The van der Waals surface area contributed by atoms with Gasteiger partial charge >= 0.3 is 0 Å². The number of para-hydroxylation sites is 1. The van der Waals surface area contributed by atoms with Crippen molar-refractivity contribution in [1.82, 2.24) is 4.90 Å². The Morgan fingerprint density at radius 2 is 2.05 bits per heavy atom. The molecule has 0 bridgehead atoms. The molecule has 22 heavy (non-hydrogen) atoms. The summed E-state index contributed by atoms with van der Waals surface area (Å²) in [5.41, 5.74) is 1.26. The Balaban J connectivity index is 1.80. The van der Waals surface area contributed by atoms with E-state index in [0.717, 1.165) is 18.8 Å². The number of hydrogen-bond acceptors (Lipinski definition) is 5. The Morgan fingerprint density at radius 3 is 2.73 bits per heavy atom. The zero-order valence-corrected chi connectivity index (χ0v) is 13.7. The third kappa shape index (κ3) is 6.15. The molecule has 5 heteroatoms. The van der Waals surface area contributed by atoms with Crippen LogP contribution in [0.25, 0.3) is 0 Å². The number of rotatable bonds is 10. The minimum absolute atomic E-state index is 0.289. The van der Waals surface area contributed by atoms with Crippen molar-refractivity contribution in [2.24, 2.45) is 0 Å². The van der Waals surface area contributed by atoms with E-state index >= 15 is 0 Å². The number of nitrogens with zero attached hydrogens (tertiary/aromatic N) is 1. The average Bonchev–Trinajstić information content (AvgIpc) is 3.04. The van der Waals surface area contributed by atoms with E-state index in [0.29, 0.717) is 13.2 Å². The van der Waals surface area contributed by atoms with Crippen LogP contribution in [-0.4, -0.2) is 49.5 Å².